The van der Waals surface area contributed by atoms with Gasteiger partial charge >= 0.3 is 0 Å². The quantitative estimate of drug-likeness (QED) is 0.400. The summed E-state index contributed by atoms with van der Waals surface area (Å²) in [6.07, 6.45) is 0. The Balaban J connectivity index is 1.55. The van der Waals surface area contributed by atoms with Gasteiger partial charge in [-0.05, 0) is 36.2 Å². The van der Waals surface area contributed by atoms with Gasteiger partial charge in [0.1, 0.15) is 0 Å². The SMILES string of the molecule is Cc1ccc(/C(N)=N/OCC(=O)N[C@@H](C)c2ccc3ccccc3c2)cc1. The first-order chi connectivity index (χ1) is 13.0. The number of hydrogen-bond acceptors (Lipinski definition) is 3. The summed E-state index contributed by atoms with van der Waals surface area (Å²) in [6.45, 7) is 3.74. The summed E-state index contributed by atoms with van der Waals surface area (Å²) in [7, 11) is 0. The van der Waals surface area contributed by atoms with Gasteiger partial charge in [-0.25, -0.2) is 0 Å². The summed E-state index contributed by atoms with van der Waals surface area (Å²) >= 11 is 0. The third-order valence-corrected chi connectivity index (χ3v) is 4.36. The van der Waals surface area contributed by atoms with E-state index in [0.717, 1.165) is 22.1 Å². The van der Waals surface area contributed by atoms with E-state index in [4.69, 9.17) is 10.6 Å². The summed E-state index contributed by atoms with van der Waals surface area (Å²) < 4.78 is 0. The van der Waals surface area contributed by atoms with Crippen LogP contribution in [0.1, 0.15) is 29.7 Å². The Morgan fingerprint density at radius 2 is 1.78 bits per heavy atom. The van der Waals surface area contributed by atoms with E-state index < -0.39 is 0 Å². The van der Waals surface area contributed by atoms with Crippen LogP contribution in [0, 0.1) is 6.92 Å². The van der Waals surface area contributed by atoms with Crippen LogP contribution >= 0.6 is 0 Å². The van der Waals surface area contributed by atoms with Crippen molar-refractivity contribution in [3.05, 3.63) is 83.4 Å². The molecule has 27 heavy (non-hydrogen) atoms. The highest BCUT2D eigenvalue weighted by molar-refractivity contribution is 5.97. The van der Waals surface area contributed by atoms with Gasteiger partial charge in [0.05, 0.1) is 6.04 Å². The zero-order valence-electron chi connectivity index (χ0n) is 15.5. The van der Waals surface area contributed by atoms with Crippen molar-refractivity contribution >= 4 is 22.5 Å². The molecular formula is C22H23N3O2. The number of nitrogens with zero attached hydrogens (tertiary/aromatic N) is 1. The summed E-state index contributed by atoms with van der Waals surface area (Å²) in [5, 5.41) is 9.04. The highest BCUT2D eigenvalue weighted by Gasteiger charge is 2.10. The molecule has 138 valence electrons. The lowest BCUT2D eigenvalue weighted by Crippen LogP contribution is -2.30. The van der Waals surface area contributed by atoms with Crippen LogP contribution in [0.15, 0.2) is 71.9 Å². The smallest absolute Gasteiger partial charge is 0.261 e. The molecule has 0 saturated heterocycles. The monoisotopic (exact) mass is 361 g/mol. The Hall–Kier alpha value is -3.34. The van der Waals surface area contributed by atoms with E-state index >= 15 is 0 Å². The van der Waals surface area contributed by atoms with Gasteiger partial charge in [-0.3, -0.25) is 4.79 Å². The highest BCUT2D eigenvalue weighted by Crippen LogP contribution is 2.20. The number of rotatable bonds is 6. The number of carbonyl (C=O) groups is 1. The molecule has 5 heteroatoms. The van der Waals surface area contributed by atoms with Crippen LogP contribution in [0.5, 0.6) is 0 Å². The Morgan fingerprint density at radius 3 is 2.52 bits per heavy atom. The minimum absolute atomic E-state index is 0.135. The van der Waals surface area contributed by atoms with Gasteiger partial charge < -0.3 is 15.9 Å². The molecule has 0 spiro atoms. The molecule has 0 aliphatic rings. The summed E-state index contributed by atoms with van der Waals surface area (Å²) in [6, 6.07) is 21.7. The molecule has 0 aliphatic carbocycles. The molecule has 0 unspecified atom stereocenters. The van der Waals surface area contributed by atoms with Crippen molar-refractivity contribution in [3.63, 3.8) is 0 Å². The highest BCUT2D eigenvalue weighted by atomic mass is 16.6. The molecule has 0 radical (unpaired) electrons. The number of oxime groups is 1. The van der Waals surface area contributed by atoms with Gasteiger partial charge in [0.2, 0.25) is 0 Å². The molecule has 0 heterocycles. The summed E-state index contributed by atoms with van der Waals surface area (Å²) in [5.74, 6) is -0.0125. The number of amidine groups is 1. The van der Waals surface area contributed by atoms with Crippen LogP contribution in [0.2, 0.25) is 0 Å². The third kappa shape index (κ3) is 4.85. The van der Waals surface area contributed by atoms with Crippen LogP contribution in [0.25, 0.3) is 10.8 Å². The Labute approximate surface area is 158 Å². The topological polar surface area (TPSA) is 76.7 Å². The fraction of sp³-hybridized carbons (Fsp3) is 0.182. The second-order valence-corrected chi connectivity index (χ2v) is 6.51. The molecule has 0 aromatic heterocycles. The summed E-state index contributed by atoms with van der Waals surface area (Å²) in [5.41, 5.74) is 8.79. The number of nitrogens with one attached hydrogen (secondary N) is 1. The minimum atomic E-state index is -0.254. The van der Waals surface area contributed by atoms with E-state index in [1.165, 1.54) is 5.39 Å². The lowest BCUT2D eigenvalue weighted by molar-refractivity contribution is -0.126. The molecule has 3 rings (SSSR count). The molecule has 1 amide bonds. The van der Waals surface area contributed by atoms with Crippen molar-refractivity contribution in [2.75, 3.05) is 6.61 Å². The molecule has 5 nitrogen and oxygen atoms in total. The molecule has 1 atom stereocenters. The molecule has 3 aromatic carbocycles. The number of benzene rings is 3. The standard InChI is InChI=1S/C22H23N3O2/c1-15-7-9-18(10-8-15)22(23)25-27-14-21(26)24-16(2)19-12-11-17-5-3-4-6-20(17)13-19/h3-13,16H,14H2,1-2H3,(H2,23,25)(H,24,26)/t16-/m0/s1. The Bertz CT molecular complexity index is 965. The zero-order valence-corrected chi connectivity index (χ0v) is 15.5. The predicted molar refractivity (Wildman–Crippen MR) is 108 cm³/mol. The number of amides is 1. The Kier molecular flexibility index (Phi) is 5.71. The fourth-order valence-electron chi connectivity index (χ4n) is 2.78. The van der Waals surface area contributed by atoms with Crippen molar-refractivity contribution in [3.8, 4) is 0 Å². The van der Waals surface area contributed by atoms with Crippen molar-refractivity contribution in [1.29, 1.82) is 0 Å². The van der Waals surface area contributed by atoms with Crippen LogP contribution in [0.4, 0.5) is 0 Å². The molecule has 0 fully saturated rings. The van der Waals surface area contributed by atoms with Crippen LogP contribution in [-0.2, 0) is 9.63 Å². The third-order valence-electron chi connectivity index (χ3n) is 4.36. The first-order valence-electron chi connectivity index (χ1n) is 8.83. The van der Waals surface area contributed by atoms with Crippen molar-refractivity contribution in [2.45, 2.75) is 19.9 Å². The van der Waals surface area contributed by atoms with Crippen LogP contribution < -0.4 is 11.1 Å². The number of aryl methyl sites for hydroxylation is 1. The maximum Gasteiger partial charge on any atom is 0.261 e. The second kappa shape index (κ2) is 8.36. The lowest BCUT2D eigenvalue weighted by atomic mass is 10.0. The number of nitrogens with two attached hydrogens (primary N) is 1. The maximum atomic E-state index is 12.1. The molecule has 0 saturated carbocycles. The van der Waals surface area contributed by atoms with Gasteiger partial charge in [0.25, 0.3) is 5.91 Å². The maximum absolute atomic E-state index is 12.1. The van der Waals surface area contributed by atoms with E-state index in [9.17, 15) is 4.79 Å². The number of fused-ring (bicyclic) bond motifs is 1. The molecular weight excluding hydrogens is 338 g/mol. The fourth-order valence-corrected chi connectivity index (χ4v) is 2.78. The van der Waals surface area contributed by atoms with E-state index in [1.54, 1.807) is 0 Å². The largest absolute Gasteiger partial charge is 0.384 e. The zero-order chi connectivity index (χ0) is 19.2. The van der Waals surface area contributed by atoms with E-state index in [-0.39, 0.29) is 24.4 Å². The molecule has 3 aromatic rings. The van der Waals surface area contributed by atoms with E-state index in [0.29, 0.717) is 0 Å². The van der Waals surface area contributed by atoms with E-state index in [2.05, 4.69) is 34.7 Å². The van der Waals surface area contributed by atoms with Gasteiger partial charge in [-0.1, -0.05) is 71.4 Å². The van der Waals surface area contributed by atoms with Crippen molar-refractivity contribution in [2.24, 2.45) is 10.9 Å². The normalized spacial score (nSPS) is 12.6. The van der Waals surface area contributed by atoms with Gasteiger partial charge in [0.15, 0.2) is 12.4 Å². The average molecular weight is 361 g/mol. The molecule has 0 bridgehead atoms. The average Bonchev–Trinajstić information content (AvgIpc) is 2.68. The van der Waals surface area contributed by atoms with Crippen molar-refractivity contribution in [1.82, 2.24) is 5.32 Å². The molecule has 3 N–H and O–H groups in total. The minimum Gasteiger partial charge on any atom is -0.384 e. The van der Waals surface area contributed by atoms with Gasteiger partial charge in [-0.2, -0.15) is 0 Å². The Morgan fingerprint density at radius 1 is 1.07 bits per heavy atom. The van der Waals surface area contributed by atoms with Crippen molar-refractivity contribution < 1.29 is 9.63 Å². The lowest BCUT2D eigenvalue weighted by Gasteiger charge is -2.14. The van der Waals surface area contributed by atoms with E-state index in [1.807, 2.05) is 56.3 Å². The van der Waals surface area contributed by atoms with Crippen LogP contribution in [0.3, 0.4) is 0 Å². The van der Waals surface area contributed by atoms with Gasteiger partial charge in [-0.15, -0.1) is 0 Å². The first kappa shape index (κ1) is 18.5. The predicted octanol–water partition coefficient (Wildman–Crippen LogP) is 3.66. The van der Waals surface area contributed by atoms with Gasteiger partial charge in [0, 0.05) is 5.56 Å². The second-order valence-electron chi connectivity index (χ2n) is 6.51. The van der Waals surface area contributed by atoms with Crippen LogP contribution in [-0.4, -0.2) is 18.3 Å². The number of hydrogen-bond donors (Lipinski definition) is 2. The number of carbonyl (C=O) groups excluding carboxylic acids is 1. The molecule has 0 aliphatic heterocycles. The summed E-state index contributed by atoms with van der Waals surface area (Å²) in [4.78, 5) is 17.2. The first-order valence-corrected chi connectivity index (χ1v) is 8.83.